The highest BCUT2D eigenvalue weighted by Gasteiger charge is 2.30. The number of rotatable bonds is 3. The molecule has 0 aliphatic rings. The molecular formula is C24H18F3N. The van der Waals surface area contributed by atoms with Crippen LogP contribution in [0.1, 0.15) is 16.8 Å². The van der Waals surface area contributed by atoms with Gasteiger partial charge in [-0.15, -0.1) is 0 Å². The maximum atomic E-state index is 12.9. The molecule has 0 saturated carbocycles. The lowest BCUT2D eigenvalue weighted by atomic mass is 9.98. The Morgan fingerprint density at radius 2 is 1.43 bits per heavy atom. The van der Waals surface area contributed by atoms with E-state index in [9.17, 15) is 13.2 Å². The fourth-order valence-corrected chi connectivity index (χ4v) is 3.43. The van der Waals surface area contributed by atoms with E-state index >= 15 is 0 Å². The summed E-state index contributed by atoms with van der Waals surface area (Å²) in [6.45, 7) is 5.89. The van der Waals surface area contributed by atoms with Crippen LogP contribution in [0.5, 0.6) is 0 Å². The molecule has 0 bridgehead atoms. The Kier molecular flexibility index (Phi) is 4.34. The Morgan fingerprint density at radius 1 is 0.821 bits per heavy atom. The summed E-state index contributed by atoms with van der Waals surface area (Å²) >= 11 is 0. The summed E-state index contributed by atoms with van der Waals surface area (Å²) in [6, 6.07) is 19.6. The normalized spacial score (nSPS) is 11.7. The Morgan fingerprint density at radius 3 is 2.04 bits per heavy atom. The fraction of sp³-hybridized carbons (Fsp3) is 0.0833. The number of aromatic amines is 1. The molecule has 3 aromatic carbocycles. The lowest BCUT2D eigenvalue weighted by molar-refractivity contribution is -0.137. The maximum absolute atomic E-state index is 12.9. The molecule has 0 spiro atoms. The Labute approximate surface area is 161 Å². The smallest absolute Gasteiger partial charge is 0.354 e. The molecule has 28 heavy (non-hydrogen) atoms. The van der Waals surface area contributed by atoms with E-state index in [4.69, 9.17) is 0 Å². The summed E-state index contributed by atoms with van der Waals surface area (Å²) in [5, 5.41) is 0.950. The van der Waals surface area contributed by atoms with E-state index in [0.717, 1.165) is 51.0 Å². The van der Waals surface area contributed by atoms with Gasteiger partial charge in [0.25, 0.3) is 0 Å². The van der Waals surface area contributed by atoms with E-state index in [-0.39, 0.29) is 0 Å². The molecule has 4 heteroatoms. The molecule has 0 atom stereocenters. The van der Waals surface area contributed by atoms with Gasteiger partial charge in [0, 0.05) is 22.2 Å². The number of hydrogen-bond donors (Lipinski definition) is 1. The molecule has 1 N–H and O–H groups in total. The molecule has 4 rings (SSSR count). The van der Waals surface area contributed by atoms with Crippen LogP contribution < -0.4 is 0 Å². The molecule has 1 nitrogen and oxygen atoms in total. The van der Waals surface area contributed by atoms with Crippen LogP contribution in [0.15, 0.2) is 73.3 Å². The summed E-state index contributed by atoms with van der Waals surface area (Å²) in [6.07, 6.45) is -2.65. The van der Waals surface area contributed by atoms with Crippen molar-refractivity contribution < 1.29 is 13.2 Å². The number of halogens is 3. The quantitative estimate of drug-likeness (QED) is 0.381. The second-order valence-electron chi connectivity index (χ2n) is 6.82. The Hall–Kier alpha value is -3.27. The van der Waals surface area contributed by atoms with E-state index in [0.29, 0.717) is 0 Å². The van der Waals surface area contributed by atoms with Crippen molar-refractivity contribution in [2.45, 2.75) is 13.1 Å². The minimum atomic E-state index is -4.34. The molecule has 4 aromatic rings. The largest absolute Gasteiger partial charge is 0.416 e. The van der Waals surface area contributed by atoms with Gasteiger partial charge in [-0.3, -0.25) is 0 Å². The van der Waals surface area contributed by atoms with Crippen molar-refractivity contribution in [3.63, 3.8) is 0 Å². The van der Waals surface area contributed by atoms with Crippen LogP contribution in [0.3, 0.4) is 0 Å². The molecule has 0 radical (unpaired) electrons. The second-order valence-corrected chi connectivity index (χ2v) is 6.82. The molecule has 0 saturated heterocycles. The van der Waals surface area contributed by atoms with E-state index in [2.05, 4.69) is 41.9 Å². The molecule has 0 aliphatic heterocycles. The molecule has 0 aliphatic carbocycles. The van der Waals surface area contributed by atoms with Gasteiger partial charge in [-0.05, 0) is 47.9 Å². The van der Waals surface area contributed by atoms with Gasteiger partial charge in [0.05, 0.1) is 5.56 Å². The van der Waals surface area contributed by atoms with E-state index in [1.54, 1.807) is 6.08 Å². The lowest BCUT2D eigenvalue weighted by Gasteiger charge is -2.08. The molecule has 0 amide bonds. The summed E-state index contributed by atoms with van der Waals surface area (Å²) in [7, 11) is 0. The summed E-state index contributed by atoms with van der Waals surface area (Å²) in [5.74, 6) is 0. The Bertz CT molecular complexity index is 1150. The van der Waals surface area contributed by atoms with Crippen molar-refractivity contribution in [3.05, 3.63) is 90.1 Å². The lowest BCUT2D eigenvalue weighted by Crippen LogP contribution is -2.04. The third-order valence-corrected chi connectivity index (χ3v) is 4.92. The minimum Gasteiger partial charge on any atom is -0.354 e. The van der Waals surface area contributed by atoms with Gasteiger partial charge in [0.2, 0.25) is 0 Å². The van der Waals surface area contributed by atoms with Crippen LogP contribution in [0.25, 0.3) is 39.2 Å². The Balaban J connectivity index is 1.82. The predicted octanol–water partition coefficient (Wildman–Crippen LogP) is 7.47. The highest BCUT2D eigenvalue weighted by atomic mass is 19.4. The van der Waals surface area contributed by atoms with Gasteiger partial charge in [0.1, 0.15) is 0 Å². The van der Waals surface area contributed by atoms with E-state index < -0.39 is 11.7 Å². The van der Waals surface area contributed by atoms with Gasteiger partial charge in [-0.1, -0.05) is 60.7 Å². The van der Waals surface area contributed by atoms with Gasteiger partial charge < -0.3 is 4.98 Å². The maximum Gasteiger partial charge on any atom is 0.416 e. The van der Waals surface area contributed by atoms with Crippen LogP contribution in [0.4, 0.5) is 13.2 Å². The third kappa shape index (κ3) is 3.22. The van der Waals surface area contributed by atoms with Crippen molar-refractivity contribution in [1.82, 2.24) is 4.98 Å². The predicted molar refractivity (Wildman–Crippen MR) is 109 cm³/mol. The first-order valence-corrected chi connectivity index (χ1v) is 8.89. The zero-order valence-corrected chi connectivity index (χ0v) is 15.3. The average Bonchev–Trinajstić information content (AvgIpc) is 3.05. The zero-order valence-electron chi connectivity index (χ0n) is 15.3. The van der Waals surface area contributed by atoms with E-state index in [1.165, 1.54) is 17.7 Å². The second kappa shape index (κ2) is 6.71. The van der Waals surface area contributed by atoms with E-state index in [1.807, 2.05) is 19.1 Å². The van der Waals surface area contributed by atoms with Crippen molar-refractivity contribution in [2.75, 3.05) is 0 Å². The third-order valence-electron chi connectivity index (χ3n) is 4.92. The molecular weight excluding hydrogens is 359 g/mol. The van der Waals surface area contributed by atoms with Crippen LogP contribution in [-0.2, 0) is 6.18 Å². The molecule has 1 heterocycles. The average molecular weight is 377 g/mol. The number of fused-ring (bicyclic) bond motifs is 1. The SMILES string of the molecule is C=Cc1[nH]c2cc(-c3ccc(C)cc3)ccc2c1-c1ccc(C(F)(F)F)cc1. The van der Waals surface area contributed by atoms with Crippen molar-refractivity contribution >= 4 is 17.0 Å². The molecule has 1 aromatic heterocycles. The summed E-state index contributed by atoms with van der Waals surface area (Å²) in [5.41, 5.74) is 6.01. The van der Waals surface area contributed by atoms with Crippen molar-refractivity contribution in [1.29, 1.82) is 0 Å². The van der Waals surface area contributed by atoms with Crippen LogP contribution in [-0.4, -0.2) is 4.98 Å². The van der Waals surface area contributed by atoms with Gasteiger partial charge >= 0.3 is 6.18 Å². The number of alkyl halides is 3. The van der Waals surface area contributed by atoms with Crippen molar-refractivity contribution in [3.8, 4) is 22.3 Å². The van der Waals surface area contributed by atoms with Crippen LogP contribution in [0, 0.1) is 6.92 Å². The van der Waals surface area contributed by atoms with Gasteiger partial charge in [0.15, 0.2) is 0 Å². The first-order chi connectivity index (χ1) is 13.4. The first-order valence-electron chi connectivity index (χ1n) is 8.89. The number of benzene rings is 3. The molecule has 0 unspecified atom stereocenters. The zero-order chi connectivity index (χ0) is 19.9. The summed E-state index contributed by atoms with van der Waals surface area (Å²) < 4.78 is 38.6. The number of aromatic nitrogens is 1. The van der Waals surface area contributed by atoms with Gasteiger partial charge in [-0.25, -0.2) is 0 Å². The van der Waals surface area contributed by atoms with Crippen LogP contribution >= 0.6 is 0 Å². The number of nitrogens with one attached hydrogen (secondary N) is 1. The monoisotopic (exact) mass is 377 g/mol. The highest BCUT2D eigenvalue weighted by molar-refractivity contribution is 6.01. The number of hydrogen-bond acceptors (Lipinski definition) is 0. The van der Waals surface area contributed by atoms with Crippen molar-refractivity contribution in [2.24, 2.45) is 0 Å². The number of aryl methyl sites for hydroxylation is 1. The molecule has 0 fully saturated rings. The summed E-state index contributed by atoms with van der Waals surface area (Å²) in [4.78, 5) is 3.34. The fourth-order valence-electron chi connectivity index (χ4n) is 3.43. The van der Waals surface area contributed by atoms with Gasteiger partial charge in [-0.2, -0.15) is 13.2 Å². The number of H-pyrrole nitrogens is 1. The standard InChI is InChI=1S/C24H18F3N/c1-3-21-23(17-8-11-19(12-9-17)24(25,26)27)20-13-10-18(14-22(20)28-21)16-6-4-15(2)5-7-16/h3-14,28H,1H2,2H3. The first kappa shape index (κ1) is 18.1. The topological polar surface area (TPSA) is 15.8 Å². The van der Waals surface area contributed by atoms with Crippen LogP contribution in [0.2, 0.25) is 0 Å². The molecule has 140 valence electrons. The minimum absolute atomic E-state index is 0.655. The highest BCUT2D eigenvalue weighted by Crippen LogP contribution is 2.37.